The van der Waals surface area contributed by atoms with Crippen molar-refractivity contribution in [2.24, 2.45) is 0 Å². The zero-order valence-corrected chi connectivity index (χ0v) is 9.74. The molecule has 0 amide bonds. The second-order valence-corrected chi connectivity index (χ2v) is 3.63. The summed E-state index contributed by atoms with van der Waals surface area (Å²) in [4.78, 5) is 10.8. The maximum Gasteiger partial charge on any atom is 0.308 e. The Balaban J connectivity index is 3.41. The number of hydrogen-bond donors (Lipinski definition) is 1. The number of allylic oxidation sites excluding steroid dienone is 2. The van der Waals surface area contributed by atoms with E-state index in [2.05, 4.69) is 23.8 Å². The molecule has 0 aromatic heterocycles. The second-order valence-electron chi connectivity index (χ2n) is 3.63. The number of rotatable bonds is 8. The molecule has 0 aromatic rings. The van der Waals surface area contributed by atoms with Crippen molar-refractivity contribution in [1.82, 2.24) is 0 Å². The summed E-state index contributed by atoms with van der Waals surface area (Å²) in [6, 6.07) is 0. The van der Waals surface area contributed by atoms with Crippen molar-refractivity contribution in [2.75, 3.05) is 7.11 Å². The average molecular weight is 214 g/mol. The van der Waals surface area contributed by atoms with E-state index >= 15 is 0 Å². The fraction of sp³-hybridized carbons (Fsp3) is 0.750. The molecule has 0 aliphatic heterocycles. The van der Waals surface area contributed by atoms with Gasteiger partial charge >= 0.3 is 5.97 Å². The molecule has 0 aliphatic rings. The predicted octanol–water partition coefficient (Wildman–Crippen LogP) is 2.44. The molecule has 0 aliphatic carbocycles. The number of aliphatic hydroxyl groups excluding tert-OH is 1. The summed E-state index contributed by atoms with van der Waals surface area (Å²) in [7, 11) is 1.33. The molecule has 3 heteroatoms. The van der Waals surface area contributed by atoms with Crippen molar-refractivity contribution in [1.29, 1.82) is 0 Å². The van der Waals surface area contributed by atoms with E-state index in [9.17, 15) is 9.90 Å². The first kappa shape index (κ1) is 14.2. The number of hydrogen-bond acceptors (Lipinski definition) is 3. The minimum atomic E-state index is -0.576. The highest BCUT2D eigenvalue weighted by atomic mass is 16.5. The number of carbonyl (C=O) groups is 1. The van der Waals surface area contributed by atoms with Crippen molar-refractivity contribution in [3.63, 3.8) is 0 Å². The molecular weight excluding hydrogens is 192 g/mol. The second kappa shape index (κ2) is 9.71. The first-order valence-electron chi connectivity index (χ1n) is 5.60. The van der Waals surface area contributed by atoms with Gasteiger partial charge in [-0.05, 0) is 19.3 Å². The Labute approximate surface area is 92.1 Å². The van der Waals surface area contributed by atoms with Gasteiger partial charge in [0.05, 0.1) is 19.6 Å². The van der Waals surface area contributed by atoms with E-state index in [1.807, 2.05) is 0 Å². The summed E-state index contributed by atoms with van der Waals surface area (Å²) in [5.74, 6) is -0.350. The number of esters is 1. The highest BCUT2D eigenvalue weighted by molar-refractivity contribution is 5.69. The Morgan fingerprint density at radius 2 is 2.07 bits per heavy atom. The minimum Gasteiger partial charge on any atom is -0.469 e. The van der Waals surface area contributed by atoms with Crippen LogP contribution in [0.5, 0.6) is 0 Å². The van der Waals surface area contributed by atoms with Crippen LogP contribution in [0, 0.1) is 0 Å². The van der Waals surface area contributed by atoms with Gasteiger partial charge in [0, 0.05) is 0 Å². The molecule has 0 saturated heterocycles. The van der Waals surface area contributed by atoms with Gasteiger partial charge < -0.3 is 9.84 Å². The number of unbranched alkanes of at least 4 members (excludes halogenated alkanes) is 2. The lowest BCUT2D eigenvalue weighted by molar-refractivity contribution is -0.142. The van der Waals surface area contributed by atoms with E-state index in [0.29, 0.717) is 6.42 Å². The van der Waals surface area contributed by atoms with Crippen LogP contribution in [0.2, 0.25) is 0 Å². The Hall–Kier alpha value is -0.830. The Morgan fingerprint density at radius 1 is 1.40 bits per heavy atom. The molecule has 0 aromatic carbocycles. The lowest BCUT2D eigenvalue weighted by atomic mass is 10.1. The van der Waals surface area contributed by atoms with E-state index in [1.54, 1.807) is 0 Å². The highest BCUT2D eigenvalue weighted by Crippen LogP contribution is 2.04. The van der Waals surface area contributed by atoms with Gasteiger partial charge in [0.2, 0.25) is 0 Å². The average Bonchev–Trinajstić information content (AvgIpc) is 2.23. The number of methoxy groups -OCH3 is 1. The summed E-state index contributed by atoms with van der Waals surface area (Å²) in [6.45, 7) is 2.16. The van der Waals surface area contributed by atoms with Crippen molar-refractivity contribution >= 4 is 5.97 Å². The fourth-order valence-corrected chi connectivity index (χ4v) is 1.22. The monoisotopic (exact) mass is 214 g/mol. The molecule has 0 radical (unpaired) electrons. The minimum absolute atomic E-state index is 0.0965. The van der Waals surface area contributed by atoms with Crippen LogP contribution in [-0.4, -0.2) is 24.3 Å². The van der Waals surface area contributed by atoms with Gasteiger partial charge in [0.15, 0.2) is 0 Å². The summed E-state index contributed by atoms with van der Waals surface area (Å²) < 4.78 is 4.46. The Kier molecular flexibility index (Phi) is 9.18. The van der Waals surface area contributed by atoms with E-state index in [0.717, 1.165) is 12.8 Å². The summed E-state index contributed by atoms with van der Waals surface area (Å²) >= 11 is 0. The molecule has 0 saturated carbocycles. The lowest BCUT2D eigenvalue weighted by Crippen LogP contribution is -2.13. The maximum atomic E-state index is 10.8. The molecule has 0 spiro atoms. The Morgan fingerprint density at radius 3 is 2.67 bits per heavy atom. The third-order valence-electron chi connectivity index (χ3n) is 2.19. The SMILES string of the molecule is CCCC/C=C/CCC(O)CC(=O)OC. The lowest BCUT2D eigenvalue weighted by Gasteiger charge is -2.06. The molecule has 1 N–H and O–H groups in total. The zero-order chi connectivity index (χ0) is 11.5. The van der Waals surface area contributed by atoms with Gasteiger partial charge in [0.1, 0.15) is 0 Å². The van der Waals surface area contributed by atoms with Gasteiger partial charge in [-0.2, -0.15) is 0 Å². The molecule has 15 heavy (non-hydrogen) atoms. The maximum absolute atomic E-state index is 10.8. The van der Waals surface area contributed by atoms with Gasteiger partial charge in [-0.3, -0.25) is 4.79 Å². The van der Waals surface area contributed by atoms with Gasteiger partial charge in [-0.25, -0.2) is 0 Å². The number of ether oxygens (including phenoxy) is 1. The molecule has 1 unspecified atom stereocenters. The van der Waals surface area contributed by atoms with Crippen LogP contribution < -0.4 is 0 Å². The summed E-state index contributed by atoms with van der Waals surface area (Å²) in [5, 5.41) is 9.42. The van der Waals surface area contributed by atoms with E-state index in [-0.39, 0.29) is 12.4 Å². The molecule has 88 valence electrons. The van der Waals surface area contributed by atoms with Crippen LogP contribution in [0.15, 0.2) is 12.2 Å². The largest absolute Gasteiger partial charge is 0.469 e. The highest BCUT2D eigenvalue weighted by Gasteiger charge is 2.09. The van der Waals surface area contributed by atoms with Crippen molar-refractivity contribution in [3.05, 3.63) is 12.2 Å². The molecule has 1 atom stereocenters. The molecular formula is C12H22O3. The third kappa shape index (κ3) is 9.47. The molecule has 0 heterocycles. The van der Waals surface area contributed by atoms with Crippen molar-refractivity contribution in [3.8, 4) is 0 Å². The third-order valence-corrected chi connectivity index (χ3v) is 2.19. The number of carbonyl (C=O) groups excluding carboxylic acids is 1. The van der Waals surface area contributed by atoms with Crippen LogP contribution >= 0.6 is 0 Å². The normalized spacial score (nSPS) is 13.0. The first-order valence-corrected chi connectivity index (χ1v) is 5.60. The zero-order valence-electron chi connectivity index (χ0n) is 9.74. The summed E-state index contributed by atoms with van der Waals surface area (Å²) in [5.41, 5.74) is 0. The summed E-state index contributed by atoms with van der Waals surface area (Å²) in [6.07, 6.45) is 8.68. The van der Waals surface area contributed by atoms with Crippen LogP contribution in [0.25, 0.3) is 0 Å². The standard InChI is InChI=1S/C12H22O3/c1-3-4-5-6-7-8-9-11(13)10-12(14)15-2/h6-7,11,13H,3-5,8-10H2,1-2H3/b7-6+. The smallest absolute Gasteiger partial charge is 0.308 e. The van der Waals surface area contributed by atoms with E-state index in [4.69, 9.17) is 0 Å². The van der Waals surface area contributed by atoms with E-state index < -0.39 is 6.10 Å². The van der Waals surface area contributed by atoms with Crippen molar-refractivity contribution < 1.29 is 14.6 Å². The van der Waals surface area contributed by atoms with Gasteiger partial charge in [-0.1, -0.05) is 31.9 Å². The van der Waals surface area contributed by atoms with Crippen LogP contribution in [0.4, 0.5) is 0 Å². The molecule has 0 bridgehead atoms. The fourth-order valence-electron chi connectivity index (χ4n) is 1.22. The van der Waals surface area contributed by atoms with Crippen LogP contribution in [0.1, 0.15) is 45.4 Å². The van der Waals surface area contributed by atoms with E-state index in [1.165, 1.54) is 20.0 Å². The first-order chi connectivity index (χ1) is 7.20. The van der Waals surface area contributed by atoms with Crippen LogP contribution in [0.3, 0.4) is 0 Å². The van der Waals surface area contributed by atoms with Crippen LogP contribution in [-0.2, 0) is 9.53 Å². The Bertz CT molecular complexity index is 187. The molecule has 3 nitrogen and oxygen atoms in total. The topological polar surface area (TPSA) is 46.5 Å². The van der Waals surface area contributed by atoms with Gasteiger partial charge in [0.25, 0.3) is 0 Å². The number of aliphatic hydroxyl groups is 1. The molecule has 0 fully saturated rings. The quantitative estimate of drug-likeness (QED) is 0.383. The van der Waals surface area contributed by atoms with Crippen molar-refractivity contribution in [2.45, 2.75) is 51.6 Å². The predicted molar refractivity (Wildman–Crippen MR) is 60.5 cm³/mol. The molecule has 0 rings (SSSR count). The van der Waals surface area contributed by atoms with Gasteiger partial charge in [-0.15, -0.1) is 0 Å².